The predicted octanol–water partition coefficient (Wildman–Crippen LogP) is 0.0969. The van der Waals surface area contributed by atoms with Crippen LogP contribution in [0.5, 0.6) is 5.75 Å². The van der Waals surface area contributed by atoms with Gasteiger partial charge in [-0.1, -0.05) is 0 Å². The summed E-state index contributed by atoms with van der Waals surface area (Å²) in [6, 6.07) is 0.642. The quantitative estimate of drug-likeness (QED) is 0.624. The molecule has 0 aliphatic rings. The summed E-state index contributed by atoms with van der Waals surface area (Å²) in [7, 11) is 0. The molecule has 0 saturated carbocycles. The van der Waals surface area contributed by atoms with Gasteiger partial charge in [-0.05, 0) is 6.92 Å². The van der Waals surface area contributed by atoms with E-state index in [0.29, 0.717) is 6.07 Å². The van der Waals surface area contributed by atoms with Gasteiger partial charge in [-0.15, -0.1) is 0 Å². The van der Waals surface area contributed by atoms with E-state index in [2.05, 4.69) is 4.42 Å². The fourth-order valence-electron chi connectivity index (χ4n) is 0.894. The minimum atomic E-state index is -1.44. The van der Waals surface area contributed by atoms with Crippen LogP contribution < -0.4 is 5.43 Å². The summed E-state index contributed by atoms with van der Waals surface area (Å²) < 4.78 is 4.61. The maximum absolute atomic E-state index is 11.0. The summed E-state index contributed by atoms with van der Waals surface area (Å²) in [6.07, 6.45) is -1.25. The van der Waals surface area contributed by atoms with Crippen molar-refractivity contribution in [2.45, 2.75) is 13.0 Å². The SMILES string of the molecule is CC(O)c1oc(C(=O)O)cc(=O)c1O. The number of aromatic carboxylic acids is 1. The number of aliphatic hydroxyl groups is 1. The Morgan fingerprint density at radius 3 is 2.57 bits per heavy atom. The van der Waals surface area contributed by atoms with Gasteiger partial charge in [0.25, 0.3) is 0 Å². The molecule has 6 nitrogen and oxygen atoms in total. The maximum Gasteiger partial charge on any atom is 0.371 e. The highest BCUT2D eigenvalue weighted by Gasteiger charge is 2.18. The largest absolute Gasteiger partial charge is 0.502 e. The molecule has 14 heavy (non-hydrogen) atoms. The molecule has 76 valence electrons. The summed E-state index contributed by atoms with van der Waals surface area (Å²) in [6.45, 7) is 1.24. The third-order valence-corrected chi connectivity index (χ3v) is 1.54. The minimum Gasteiger partial charge on any atom is -0.502 e. The number of carbonyl (C=O) groups is 1. The van der Waals surface area contributed by atoms with Crippen LogP contribution in [-0.4, -0.2) is 21.3 Å². The second-order valence-electron chi connectivity index (χ2n) is 2.67. The first-order valence-corrected chi connectivity index (χ1v) is 3.72. The van der Waals surface area contributed by atoms with Gasteiger partial charge < -0.3 is 19.7 Å². The van der Waals surface area contributed by atoms with Crippen LogP contribution in [0.2, 0.25) is 0 Å². The van der Waals surface area contributed by atoms with E-state index in [0.717, 1.165) is 0 Å². The van der Waals surface area contributed by atoms with Crippen molar-refractivity contribution in [2.24, 2.45) is 0 Å². The normalized spacial score (nSPS) is 12.4. The Morgan fingerprint density at radius 2 is 2.14 bits per heavy atom. The van der Waals surface area contributed by atoms with Crippen molar-refractivity contribution in [1.29, 1.82) is 0 Å². The third kappa shape index (κ3) is 1.74. The minimum absolute atomic E-state index is 0.449. The zero-order valence-corrected chi connectivity index (χ0v) is 7.22. The second kappa shape index (κ2) is 3.51. The van der Waals surface area contributed by atoms with Crippen LogP contribution in [-0.2, 0) is 0 Å². The van der Waals surface area contributed by atoms with Gasteiger partial charge in [0.1, 0.15) is 6.10 Å². The molecule has 0 spiro atoms. The van der Waals surface area contributed by atoms with Crippen LogP contribution in [0.4, 0.5) is 0 Å². The van der Waals surface area contributed by atoms with Gasteiger partial charge >= 0.3 is 5.97 Å². The van der Waals surface area contributed by atoms with Crippen molar-refractivity contribution >= 4 is 5.97 Å². The molecule has 1 heterocycles. The first kappa shape index (κ1) is 10.3. The topological polar surface area (TPSA) is 108 Å². The molecule has 1 aromatic heterocycles. The van der Waals surface area contributed by atoms with E-state index in [9.17, 15) is 9.59 Å². The Labute approximate surface area is 78.0 Å². The number of rotatable bonds is 2. The highest BCUT2D eigenvalue weighted by atomic mass is 16.4. The van der Waals surface area contributed by atoms with E-state index in [-0.39, 0.29) is 0 Å². The van der Waals surface area contributed by atoms with Crippen LogP contribution in [0, 0.1) is 0 Å². The zero-order valence-electron chi connectivity index (χ0n) is 7.22. The molecule has 6 heteroatoms. The Balaban J connectivity index is 3.43. The van der Waals surface area contributed by atoms with Crippen LogP contribution in [0.1, 0.15) is 29.3 Å². The number of carboxylic acids is 1. The smallest absolute Gasteiger partial charge is 0.371 e. The Bertz CT molecular complexity index is 416. The van der Waals surface area contributed by atoms with Crippen molar-refractivity contribution < 1.29 is 24.5 Å². The Kier molecular flexibility index (Phi) is 2.57. The average molecular weight is 200 g/mol. The van der Waals surface area contributed by atoms with Gasteiger partial charge in [0.2, 0.25) is 16.9 Å². The summed E-state index contributed by atoms with van der Waals surface area (Å²) >= 11 is 0. The lowest BCUT2D eigenvalue weighted by atomic mass is 10.2. The molecule has 1 rings (SSSR count). The Morgan fingerprint density at radius 1 is 1.57 bits per heavy atom. The summed E-state index contributed by atoms with van der Waals surface area (Å²) in [5.41, 5.74) is -0.899. The molecule has 1 aromatic rings. The van der Waals surface area contributed by atoms with Crippen molar-refractivity contribution in [3.8, 4) is 5.75 Å². The molecule has 0 aromatic carbocycles. The van der Waals surface area contributed by atoms with E-state index in [1.54, 1.807) is 0 Å². The van der Waals surface area contributed by atoms with Crippen LogP contribution in [0.25, 0.3) is 0 Å². The van der Waals surface area contributed by atoms with Gasteiger partial charge in [-0.3, -0.25) is 4.79 Å². The monoisotopic (exact) mass is 200 g/mol. The van der Waals surface area contributed by atoms with Crippen LogP contribution in [0.15, 0.2) is 15.3 Å². The fraction of sp³-hybridized carbons (Fsp3) is 0.250. The first-order chi connectivity index (χ1) is 6.43. The number of aromatic hydroxyl groups is 1. The lowest BCUT2D eigenvalue weighted by Crippen LogP contribution is -2.09. The van der Waals surface area contributed by atoms with E-state index >= 15 is 0 Å². The van der Waals surface area contributed by atoms with Crippen LogP contribution in [0.3, 0.4) is 0 Å². The van der Waals surface area contributed by atoms with Crippen LogP contribution >= 0.6 is 0 Å². The lowest BCUT2D eigenvalue weighted by Gasteiger charge is -2.05. The fourth-order valence-corrected chi connectivity index (χ4v) is 0.894. The lowest BCUT2D eigenvalue weighted by molar-refractivity contribution is 0.0645. The number of aliphatic hydroxyl groups excluding tert-OH is 1. The van der Waals surface area contributed by atoms with E-state index in [1.807, 2.05) is 0 Å². The predicted molar refractivity (Wildman–Crippen MR) is 44.2 cm³/mol. The van der Waals surface area contributed by atoms with Gasteiger partial charge in [0, 0.05) is 6.07 Å². The van der Waals surface area contributed by atoms with Gasteiger partial charge in [-0.2, -0.15) is 0 Å². The summed E-state index contributed by atoms with van der Waals surface area (Å²) in [4.78, 5) is 21.4. The van der Waals surface area contributed by atoms with E-state index in [1.165, 1.54) is 6.92 Å². The highest BCUT2D eigenvalue weighted by Crippen LogP contribution is 2.21. The number of hydrogen-bond acceptors (Lipinski definition) is 5. The van der Waals surface area contributed by atoms with Crippen molar-refractivity contribution in [2.75, 3.05) is 0 Å². The standard InChI is InChI=1S/C8H8O6/c1-3(9)7-6(11)4(10)2-5(14-7)8(12)13/h2-3,9,11H,1H3,(H,12,13). The van der Waals surface area contributed by atoms with Crippen molar-refractivity contribution in [1.82, 2.24) is 0 Å². The molecule has 0 bridgehead atoms. The van der Waals surface area contributed by atoms with Gasteiger partial charge in [-0.25, -0.2) is 4.79 Å². The highest BCUT2D eigenvalue weighted by molar-refractivity contribution is 5.84. The Hall–Kier alpha value is -1.82. The molecular formula is C8H8O6. The van der Waals surface area contributed by atoms with Crippen molar-refractivity contribution in [3.05, 3.63) is 27.8 Å². The molecule has 0 aliphatic heterocycles. The van der Waals surface area contributed by atoms with E-state index < -0.39 is 34.8 Å². The molecule has 0 amide bonds. The van der Waals surface area contributed by atoms with Crippen molar-refractivity contribution in [3.63, 3.8) is 0 Å². The molecule has 1 unspecified atom stereocenters. The van der Waals surface area contributed by atoms with E-state index in [4.69, 9.17) is 15.3 Å². The molecule has 0 saturated heterocycles. The average Bonchev–Trinajstić information content (AvgIpc) is 2.08. The molecule has 0 aliphatic carbocycles. The second-order valence-corrected chi connectivity index (χ2v) is 2.67. The van der Waals surface area contributed by atoms with Gasteiger partial charge in [0.05, 0.1) is 0 Å². The van der Waals surface area contributed by atoms with Gasteiger partial charge in [0.15, 0.2) is 5.76 Å². The molecule has 3 N–H and O–H groups in total. The molecule has 0 fully saturated rings. The molecule has 1 atom stereocenters. The summed E-state index contributed by atoms with van der Waals surface area (Å²) in [5, 5.41) is 26.7. The molecular weight excluding hydrogens is 192 g/mol. The maximum atomic E-state index is 11.0. The number of hydrogen-bond donors (Lipinski definition) is 3. The molecule has 0 radical (unpaired) electrons. The first-order valence-electron chi connectivity index (χ1n) is 3.72. The summed E-state index contributed by atoms with van der Waals surface area (Å²) in [5.74, 6) is -3.28. The zero-order chi connectivity index (χ0) is 10.9. The third-order valence-electron chi connectivity index (χ3n) is 1.54. The number of carboxylic acid groups (broad SMARTS) is 1.